The molecule has 2 heteroatoms. The first-order chi connectivity index (χ1) is 11.1. The molecule has 2 atom stereocenters. The Balaban J connectivity index is 2.12. The fourth-order valence-electron chi connectivity index (χ4n) is 4.20. The molecule has 2 unspecified atom stereocenters. The number of benzene rings is 2. The minimum Gasteiger partial charge on any atom is -0.380 e. The van der Waals surface area contributed by atoms with Crippen molar-refractivity contribution in [1.82, 2.24) is 4.90 Å². The zero-order valence-electron chi connectivity index (χ0n) is 14.2. The van der Waals surface area contributed by atoms with Gasteiger partial charge in [-0.05, 0) is 38.1 Å². The van der Waals surface area contributed by atoms with E-state index in [-0.39, 0.29) is 5.92 Å². The van der Waals surface area contributed by atoms with E-state index in [1.54, 1.807) is 0 Å². The summed E-state index contributed by atoms with van der Waals surface area (Å²) in [6, 6.07) is 20.8. The van der Waals surface area contributed by atoms with Crippen LogP contribution in [0, 0.1) is 5.92 Å². The Hall–Kier alpha value is -1.64. The number of hydrogen-bond donors (Lipinski definition) is 1. The quantitative estimate of drug-likeness (QED) is 0.921. The van der Waals surface area contributed by atoms with Crippen molar-refractivity contribution in [2.24, 2.45) is 5.92 Å². The van der Waals surface area contributed by atoms with E-state index in [0.29, 0.717) is 6.04 Å². The molecule has 0 amide bonds. The first-order valence-corrected chi connectivity index (χ1v) is 8.64. The molecule has 0 radical (unpaired) electrons. The topological polar surface area (TPSA) is 23.5 Å². The van der Waals surface area contributed by atoms with Gasteiger partial charge < -0.3 is 10.0 Å². The lowest BCUT2D eigenvalue weighted by molar-refractivity contribution is -0.0381. The molecular weight excluding hydrogens is 282 g/mol. The lowest BCUT2D eigenvalue weighted by atomic mass is 9.67. The minimum atomic E-state index is -0.933. The highest BCUT2D eigenvalue weighted by atomic mass is 16.3. The molecule has 1 N–H and O–H groups in total. The maximum Gasteiger partial charge on any atom is 0.119 e. The summed E-state index contributed by atoms with van der Waals surface area (Å²) in [6.07, 6.45) is 4.65. The Morgan fingerprint density at radius 1 is 0.826 bits per heavy atom. The molecule has 122 valence electrons. The Bertz CT molecular complexity index is 569. The van der Waals surface area contributed by atoms with Gasteiger partial charge in [-0.2, -0.15) is 0 Å². The smallest absolute Gasteiger partial charge is 0.119 e. The van der Waals surface area contributed by atoms with Gasteiger partial charge in [0.15, 0.2) is 0 Å². The molecular formula is C21H27NO. The third-order valence-corrected chi connectivity index (χ3v) is 5.36. The second kappa shape index (κ2) is 6.86. The summed E-state index contributed by atoms with van der Waals surface area (Å²) in [4.78, 5) is 2.29. The molecule has 1 aliphatic carbocycles. The van der Waals surface area contributed by atoms with Gasteiger partial charge in [-0.1, -0.05) is 73.5 Å². The van der Waals surface area contributed by atoms with Crippen molar-refractivity contribution in [2.75, 3.05) is 14.1 Å². The maximum atomic E-state index is 12.0. The van der Waals surface area contributed by atoms with Crippen LogP contribution in [0.1, 0.15) is 36.8 Å². The van der Waals surface area contributed by atoms with E-state index in [1.165, 1.54) is 12.8 Å². The van der Waals surface area contributed by atoms with Crippen molar-refractivity contribution >= 4 is 0 Å². The third-order valence-electron chi connectivity index (χ3n) is 5.36. The monoisotopic (exact) mass is 309 g/mol. The first kappa shape index (κ1) is 16.2. The van der Waals surface area contributed by atoms with Crippen molar-refractivity contribution in [2.45, 2.75) is 37.3 Å². The second-order valence-electron chi connectivity index (χ2n) is 6.92. The summed E-state index contributed by atoms with van der Waals surface area (Å²) in [5.41, 5.74) is 1.08. The average molecular weight is 309 g/mol. The predicted octanol–water partition coefficient (Wildman–Crippen LogP) is 4.04. The molecule has 1 saturated carbocycles. The zero-order chi connectivity index (χ0) is 16.3. The number of hydrogen-bond acceptors (Lipinski definition) is 2. The van der Waals surface area contributed by atoms with E-state index in [9.17, 15) is 5.11 Å². The lowest BCUT2D eigenvalue weighted by Crippen LogP contribution is -2.49. The molecule has 3 rings (SSSR count). The molecule has 0 bridgehead atoms. The van der Waals surface area contributed by atoms with Crippen molar-refractivity contribution in [1.29, 1.82) is 0 Å². The average Bonchev–Trinajstić information content (AvgIpc) is 2.62. The molecule has 2 aromatic carbocycles. The molecule has 0 saturated heterocycles. The van der Waals surface area contributed by atoms with E-state index in [1.807, 2.05) is 36.4 Å². The van der Waals surface area contributed by atoms with E-state index in [0.717, 1.165) is 24.0 Å². The molecule has 1 aliphatic rings. The number of nitrogens with zero attached hydrogens (tertiary/aromatic N) is 1. The molecule has 2 aromatic rings. The SMILES string of the molecule is CN(C)C1CCCCC1C(O)(c1ccccc1)c1ccccc1. The third kappa shape index (κ3) is 3.06. The van der Waals surface area contributed by atoms with Crippen LogP contribution >= 0.6 is 0 Å². The summed E-state index contributed by atoms with van der Waals surface area (Å²) < 4.78 is 0. The largest absolute Gasteiger partial charge is 0.380 e. The van der Waals surface area contributed by atoms with Gasteiger partial charge in [-0.15, -0.1) is 0 Å². The lowest BCUT2D eigenvalue weighted by Gasteiger charge is -2.46. The van der Waals surface area contributed by atoms with Gasteiger partial charge in [0.1, 0.15) is 5.60 Å². The molecule has 1 fully saturated rings. The van der Waals surface area contributed by atoms with E-state index in [4.69, 9.17) is 0 Å². The summed E-state index contributed by atoms with van der Waals surface area (Å²) in [5.74, 6) is 0.205. The maximum absolute atomic E-state index is 12.0. The van der Waals surface area contributed by atoms with Gasteiger partial charge in [-0.3, -0.25) is 0 Å². The van der Waals surface area contributed by atoms with Crippen LogP contribution in [-0.2, 0) is 5.60 Å². The highest BCUT2D eigenvalue weighted by Gasteiger charge is 2.45. The minimum absolute atomic E-state index is 0.205. The van der Waals surface area contributed by atoms with Crippen LogP contribution in [0.25, 0.3) is 0 Å². The standard InChI is InChI=1S/C21H27NO/c1-22(2)20-16-10-9-15-19(20)21(23,17-11-5-3-6-12-17)18-13-7-4-8-14-18/h3-8,11-14,19-20,23H,9-10,15-16H2,1-2H3. The first-order valence-electron chi connectivity index (χ1n) is 8.64. The summed E-state index contributed by atoms with van der Waals surface area (Å²) in [5, 5.41) is 12.0. The molecule has 0 aromatic heterocycles. The molecule has 23 heavy (non-hydrogen) atoms. The summed E-state index contributed by atoms with van der Waals surface area (Å²) in [7, 11) is 4.28. The summed E-state index contributed by atoms with van der Waals surface area (Å²) >= 11 is 0. The van der Waals surface area contributed by atoms with Crippen molar-refractivity contribution in [3.8, 4) is 0 Å². The van der Waals surface area contributed by atoms with Crippen molar-refractivity contribution < 1.29 is 5.11 Å². The predicted molar refractivity (Wildman–Crippen MR) is 95.3 cm³/mol. The zero-order valence-corrected chi connectivity index (χ0v) is 14.2. The fraction of sp³-hybridized carbons (Fsp3) is 0.429. The van der Waals surface area contributed by atoms with Gasteiger partial charge in [0.05, 0.1) is 0 Å². The van der Waals surface area contributed by atoms with E-state index < -0.39 is 5.60 Å². The van der Waals surface area contributed by atoms with Crippen molar-refractivity contribution in [3.63, 3.8) is 0 Å². The van der Waals surface area contributed by atoms with Crippen LogP contribution in [0.4, 0.5) is 0 Å². The van der Waals surface area contributed by atoms with Gasteiger partial charge in [-0.25, -0.2) is 0 Å². The Labute approximate surface area is 139 Å². The van der Waals surface area contributed by atoms with Crippen LogP contribution in [0.2, 0.25) is 0 Å². The fourth-order valence-corrected chi connectivity index (χ4v) is 4.20. The highest BCUT2D eigenvalue weighted by Crippen LogP contribution is 2.45. The van der Waals surface area contributed by atoms with Gasteiger partial charge in [0.2, 0.25) is 0 Å². The number of rotatable bonds is 4. The summed E-state index contributed by atoms with van der Waals surface area (Å²) in [6.45, 7) is 0. The Morgan fingerprint density at radius 2 is 1.30 bits per heavy atom. The van der Waals surface area contributed by atoms with Crippen LogP contribution in [-0.4, -0.2) is 30.1 Å². The van der Waals surface area contributed by atoms with Crippen LogP contribution in [0.3, 0.4) is 0 Å². The van der Waals surface area contributed by atoms with Crippen LogP contribution in [0.15, 0.2) is 60.7 Å². The molecule has 0 spiro atoms. The van der Waals surface area contributed by atoms with Gasteiger partial charge in [0, 0.05) is 12.0 Å². The second-order valence-corrected chi connectivity index (χ2v) is 6.92. The molecule has 0 aliphatic heterocycles. The Morgan fingerprint density at radius 3 is 1.78 bits per heavy atom. The normalized spacial score (nSPS) is 22.3. The highest BCUT2D eigenvalue weighted by molar-refractivity contribution is 5.37. The van der Waals surface area contributed by atoms with Crippen LogP contribution < -0.4 is 0 Å². The Kier molecular flexibility index (Phi) is 4.84. The van der Waals surface area contributed by atoms with E-state index >= 15 is 0 Å². The van der Waals surface area contributed by atoms with Gasteiger partial charge in [0.25, 0.3) is 0 Å². The van der Waals surface area contributed by atoms with Crippen molar-refractivity contribution in [3.05, 3.63) is 71.8 Å². The van der Waals surface area contributed by atoms with E-state index in [2.05, 4.69) is 43.3 Å². The van der Waals surface area contributed by atoms with Crippen LogP contribution in [0.5, 0.6) is 0 Å². The molecule has 2 nitrogen and oxygen atoms in total. The number of aliphatic hydroxyl groups is 1. The van der Waals surface area contributed by atoms with Gasteiger partial charge >= 0.3 is 0 Å². The molecule has 0 heterocycles.